The normalized spacial score (nSPS) is 10.9. The van der Waals surface area contributed by atoms with Crippen LogP contribution in [0.4, 0.5) is 5.69 Å². The largest absolute Gasteiger partial charge is 0.488 e. The van der Waals surface area contributed by atoms with Gasteiger partial charge in [-0.3, -0.25) is 4.79 Å². The zero-order valence-electron chi connectivity index (χ0n) is 15.9. The van der Waals surface area contributed by atoms with Gasteiger partial charge < -0.3 is 10.1 Å². The number of ether oxygens (including phenoxy) is 1. The molecular formula is C24H19BrN2O2. The molecule has 0 aromatic heterocycles. The van der Waals surface area contributed by atoms with Gasteiger partial charge in [0.15, 0.2) is 0 Å². The summed E-state index contributed by atoms with van der Waals surface area (Å²) < 4.78 is 6.91. The highest BCUT2D eigenvalue weighted by Crippen LogP contribution is 2.24. The molecule has 144 valence electrons. The molecule has 3 rings (SSSR count). The van der Waals surface area contributed by atoms with Gasteiger partial charge in [-0.05, 0) is 42.8 Å². The number of para-hydroxylation sites is 1. The number of aryl methyl sites for hydroxylation is 1. The van der Waals surface area contributed by atoms with Gasteiger partial charge in [-0.2, -0.15) is 5.26 Å². The molecule has 0 bridgehead atoms. The van der Waals surface area contributed by atoms with Crippen molar-refractivity contribution in [2.45, 2.75) is 13.5 Å². The van der Waals surface area contributed by atoms with Crippen LogP contribution in [-0.4, -0.2) is 5.91 Å². The molecule has 0 spiro atoms. The van der Waals surface area contributed by atoms with Gasteiger partial charge in [-0.1, -0.05) is 64.5 Å². The van der Waals surface area contributed by atoms with E-state index >= 15 is 0 Å². The minimum absolute atomic E-state index is 0.00319. The average molecular weight is 447 g/mol. The highest BCUT2D eigenvalue weighted by molar-refractivity contribution is 9.10. The second kappa shape index (κ2) is 9.72. The standard InChI is InChI=1S/C24H19BrN2O2/c1-17-7-6-10-21(13-17)27-24(28)20(15-26)14-18-8-3-5-12-23(18)29-16-19-9-2-4-11-22(19)25/h2-14H,16H2,1H3,(H,27,28)/b20-14+. The molecular weight excluding hydrogens is 428 g/mol. The third-order valence-electron chi connectivity index (χ3n) is 4.20. The monoisotopic (exact) mass is 446 g/mol. The molecule has 0 saturated carbocycles. The number of nitriles is 1. The first kappa shape index (κ1) is 20.4. The first-order valence-corrected chi connectivity index (χ1v) is 9.81. The molecule has 0 unspecified atom stereocenters. The van der Waals surface area contributed by atoms with Crippen LogP contribution in [0.2, 0.25) is 0 Å². The number of hydrogen-bond donors (Lipinski definition) is 1. The lowest BCUT2D eigenvalue weighted by Gasteiger charge is -2.11. The quantitative estimate of drug-likeness (QED) is 0.379. The molecule has 0 radical (unpaired) electrons. The minimum Gasteiger partial charge on any atom is -0.488 e. The first-order chi connectivity index (χ1) is 14.1. The van der Waals surface area contributed by atoms with Crippen molar-refractivity contribution in [2.75, 3.05) is 5.32 Å². The van der Waals surface area contributed by atoms with Crippen LogP contribution in [0.1, 0.15) is 16.7 Å². The Kier molecular flexibility index (Phi) is 6.83. The maximum atomic E-state index is 12.5. The van der Waals surface area contributed by atoms with E-state index in [0.717, 1.165) is 15.6 Å². The van der Waals surface area contributed by atoms with E-state index in [2.05, 4.69) is 21.2 Å². The highest BCUT2D eigenvalue weighted by Gasteiger charge is 2.12. The zero-order valence-corrected chi connectivity index (χ0v) is 17.4. The molecule has 0 fully saturated rings. The SMILES string of the molecule is Cc1cccc(NC(=O)/C(C#N)=C/c2ccccc2OCc2ccccc2Br)c1. The highest BCUT2D eigenvalue weighted by atomic mass is 79.9. The van der Waals surface area contributed by atoms with Crippen LogP contribution in [0.3, 0.4) is 0 Å². The minimum atomic E-state index is -0.460. The van der Waals surface area contributed by atoms with Crippen molar-refractivity contribution < 1.29 is 9.53 Å². The van der Waals surface area contributed by atoms with Crippen molar-refractivity contribution in [3.05, 3.63) is 99.5 Å². The molecule has 0 aliphatic heterocycles. The Balaban J connectivity index is 1.80. The number of carbonyl (C=O) groups is 1. The van der Waals surface area contributed by atoms with E-state index in [1.165, 1.54) is 0 Å². The molecule has 0 atom stereocenters. The number of amides is 1. The molecule has 3 aromatic carbocycles. The Morgan fingerprint density at radius 1 is 1.10 bits per heavy atom. The molecule has 5 heteroatoms. The molecule has 4 nitrogen and oxygen atoms in total. The summed E-state index contributed by atoms with van der Waals surface area (Å²) in [6.07, 6.45) is 1.54. The lowest BCUT2D eigenvalue weighted by atomic mass is 10.1. The summed E-state index contributed by atoms with van der Waals surface area (Å²) in [5.41, 5.74) is 3.34. The fourth-order valence-corrected chi connectivity index (χ4v) is 3.13. The van der Waals surface area contributed by atoms with Crippen LogP contribution in [0.25, 0.3) is 6.08 Å². The topological polar surface area (TPSA) is 62.1 Å². The summed E-state index contributed by atoms with van der Waals surface area (Å²) in [6.45, 7) is 2.30. The first-order valence-electron chi connectivity index (χ1n) is 9.02. The van der Waals surface area contributed by atoms with Gasteiger partial charge in [0.2, 0.25) is 0 Å². The number of benzene rings is 3. The van der Waals surface area contributed by atoms with Crippen LogP contribution in [0.15, 0.2) is 82.8 Å². The van der Waals surface area contributed by atoms with E-state index in [1.54, 1.807) is 12.1 Å². The Morgan fingerprint density at radius 3 is 2.62 bits per heavy atom. The van der Waals surface area contributed by atoms with Crippen LogP contribution in [0, 0.1) is 18.3 Å². The van der Waals surface area contributed by atoms with E-state index in [1.807, 2.05) is 79.7 Å². The maximum Gasteiger partial charge on any atom is 0.266 e. The molecule has 29 heavy (non-hydrogen) atoms. The summed E-state index contributed by atoms with van der Waals surface area (Å²) in [6, 6.07) is 24.5. The van der Waals surface area contributed by atoms with Gasteiger partial charge in [0, 0.05) is 21.3 Å². The van der Waals surface area contributed by atoms with E-state index in [4.69, 9.17) is 4.74 Å². The van der Waals surface area contributed by atoms with Crippen LogP contribution in [-0.2, 0) is 11.4 Å². The van der Waals surface area contributed by atoms with E-state index in [-0.39, 0.29) is 5.57 Å². The smallest absolute Gasteiger partial charge is 0.266 e. The van der Waals surface area contributed by atoms with Gasteiger partial charge >= 0.3 is 0 Å². The van der Waals surface area contributed by atoms with Gasteiger partial charge in [-0.15, -0.1) is 0 Å². The summed E-state index contributed by atoms with van der Waals surface area (Å²) in [7, 11) is 0. The van der Waals surface area contributed by atoms with Crippen molar-refractivity contribution in [1.82, 2.24) is 0 Å². The number of nitrogens with zero attached hydrogens (tertiary/aromatic N) is 1. The zero-order chi connectivity index (χ0) is 20.6. The van der Waals surface area contributed by atoms with E-state index in [0.29, 0.717) is 23.6 Å². The number of hydrogen-bond acceptors (Lipinski definition) is 3. The Labute approximate surface area is 178 Å². The number of carbonyl (C=O) groups excluding carboxylic acids is 1. The summed E-state index contributed by atoms with van der Waals surface area (Å²) in [5.74, 6) is 0.137. The van der Waals surface area contributed by atoms with Crippen molar-refractivity contribution in [2.24, 2.45) is 0 Å². The molecule has 1 amide bonds. The van der Waals surface area contributed by atoms with Gasteiger partial charge in [0.1, 0.15) is 24.0 Å². The van der Waals surface area contributed by atoms with Gasteiger partial charge in [0.25, 0.3) is 5.91 Å². The molecule has 0 saturated heterocycles. The van der Waals surface area contributed by atoms with Crippen molar-refractivity contribution in [3.8, 4) is 11.8 Å². The lowest BCUT2D eigenvalue weighted by molar-refractivity contribution is -0.112. The Morgan fingerprint density at radius 2 is 1.86 bits per heavy atom. The van der Waals surface area contributed by atoms with Crippen LogP contribution < -0.4 is 10.1 Å². The molecule has 3 aromatic rings. The fourth-order valence-electron chi connectivity index (χ4n) is 2.73. The lowest BCUT2D eigenvalue weighted by Crippen LogP contribution is -2.13. The molecule has 1 N–H and O–H groups in total. The van der Waals surface area contributed by atoms with Crippen molar-refractivity contribution >= 4 is 33.6 Å². The third kappa shape index (κ3) is 5.56. The molecule has 0 heterocycles. The van der Waals surface area contributed by atoms with E-state index < -0.39 is 5.91 Å². The predicted octanol–water partition coefficient (Wildman–Crippen LogP) is 5.88. The predicted molar refractivity (Wildman–Crippen MR) is 118 cm³/mol. The van der Waals surface area contributed by atoms with Crippen molar-refractivity contribution in [1.29, 1.82) is 5.26 Å². The summed E-state index contributed by atoms with van der Waals surface area (Å²) >= 11 is 3.51. The fraction of sp³-hybridized carbons (Fsp3) is 0.0833. The van der Waals surface area contributed by atoms with Crippen LogP contribution >= 0.6 is 15.9 Å². The number of rotatable bonds is 6. The second-order valence-corrected chi connectivity index (χ2v) is 7.27. The van der Waals surface area contributed by atoms with Gasteiger partial charge in [0.05, 0.1) is 0 Å². The average Bonchev–Trinajstić information content (AvgIpc) is 2.72. The number of nitrogens with one attached hydrogen (secondary N) is 1. The third-order valence-corrected chi connectivity index (χ3v) is 4.97. The van der Waals surface area contributed by atoms with Crippen LogP contribution in [0.5, 0.6) is 5.75 Å². The summed E-state index contributed by atoms with van der Waals surface area (Å²) in [5, 5.41) is 12.3. The van der Waals surface area contributed by atoms with Crippen molar-refractivity contribution in [3.63, 3.8) is 0 Å². The Hall–Kier alpha value is -3.36. The molecule has 0 aliphatic rings. The van der Waals surface area contributed by atoms with Gasteiger partial charge in [-0.25, -0.2) is 0 Å². The second-order valence-electron chi connectivity index (χ2n) is 6.41. The molecule has 0 aliphatic carbocycles. The van der Waals surface area contributed by atoms with E-state index in [9.17, 15) is 10.1 Å². The maximum absolute atomic E-state index is 12.5. The number of halogens is 1. The Bertz CT molecular complexity index is 1100. The number of anilines is 1. The summed E-state index contributed by atoms with van der Waals surface area (Å²) in [4.78, 5) is 12.5.